The minimum atomic E-state index is -0.264. The normalized spacial score (nSPS) is 10.5. The first-order valence-electron chi connectivity index (χ1n) is 6.20. The number of ether oxygens (including phenoxy) is 1. The summed E-state index contributed by atoms with van der Waals surface area (Å²) in [5.41, 5.74) is 1.18. The van der Waals surface area contributed by atoms with Crippen LogP contribution in [0.3, 0.4) is 0 Å². The molecule has 0 aliphatic carbocycles. The fraction of sp³-hybridized carbons (Fsp3) is 0.0714. The number of methoxy groups -OCH3 is 1. The number of carbonyl (C=O) groups is 1. The topological polar surface area (TPSA) is 64.1 Å². The number of halogens is 1. The van der Waals surface area contributed by atoms with Crippen molar-refractivity contribution in [3.8, 4) is 16.3 Å². The van der Waals surface area contributed by atoms with E-state index in [2.05, 4.69) is 14.9 Å². The molecule has 1 N–H and O–H groups in total. The molecule has 0 saturated carbocycles. The Balaban J connectivity index is 1.84. The summed E-state index contributed by atoms with van der Waals surface area (Å²) in [6, 6.07) is 8.87. The second-order valence-corrected chi connectivity index (χ2v) is 6.34. The molecule has 2 heterocycles. The van der Waals surface area contributed by atoms with Gasteiger partial charge in [0, 0.05) is 5.69 Å². The molecule has 2 aromatic heterocycles. The van der Waals surface area contributed by atoms with Crippen LogP contribution in [0.5, 0.6) is 5.75 Å². The van der Waals surface area contributed by atoms with E-state index in [0.29, 0.717) is 27.0 Å². The van der Waals surface area contributed by atoms with Gasteiger partial charge in [0.1, 0.15) is 16.3 Å². The molecule has 3 aromatic rings. The van der Waals surface area contributed by atoms with E-state index >= 15 is 0 Å². The van der Waals surface area contributed by atoms with E-state index in [0.717, 1.165) is 16.4 Å². The molecule has 0 saturated heterocycles. The zero-order chi connectivity index (χ0) is 15.5. The number of aromatic nitrogens is 2. The van der Waals surface area contributed by atoms with Crippen molar-refractivity contribution in [2.24, 2.45) is 0 Å². The molecule has 0 radical (unpaired) electrons. The lowest BCUT2D eigenvalue weighted by molar-refractivity contribution is 0.103. The highest BCUT2D eigenvalue weighted by Crippen LogP contribution is 2.30. The highest BCUT2D eigenvalue weighted by molar-refractivity contribution is 7.14. The van der Waals surface area contributed by atoms with E-state index in [1.165, 1.54) is 18.4 Å². The predicted molar refractivity (Wildman–Crippen MR) is 89.2 cm³/mol. The average Bonchev–Trinajstić information content (AvgIpc) is 3.18. The molecule has 1 aromatic carbocycles. The maximum absolute atomic E-state index is 12.4. The van der Waals surface area contributed by atoms with Gasteiger partial charge in [-0.3, -0.25) is 4.79 Å². The van der Waals surface area contributed by atoms with E-state index in [4.69, 9.17) is 16.3 Å². The van der Waals surface area contributed by atoms with Crippen molar-refractivity contribution in [2.75, 3.05) is 12.4 Å². The van der Waals surface area contributed by atoms with Gasteiger partial charge < -0.3 is 10.1 Å². The van der Waals surface area contributed by atoms with Gasteiger partial charge in [0.05, 0.1) is 17.0 Å². The number of benzene rings is 1. The quantitative estimate of drug-likeness (QED) is 0.765. The summed E-state index contributed by atoms with van der Waals surface area (Å²) in [4.78, 5) is 13.8. The van der Waals surface area contributed by atoms with Crippen LogP contribution in [0.4, 0.5) is 5.69 Å². The molecule has 0 aliphatic rings. The Kier molecular flexibility index (Phi) is 4.37. The van der Waals surface area contributed by atoms with Crippen molar-refractivity contribution in [3.63, 3.8) is 0 Å². The molecule has 22 heavy (non-hydrogen) atoms. The largest absolute Gasteiger partial charge is 0.495 e. The Hall–Kier alpha value is -1.96. The summed E-state index contributed by atoms with van der Waals surface area (Å²) in [6.07, 6.45) is 0. The maximum Gasteiger partial charge on any atom is 0.269 e. The van der Waals surface area contributed by atoms with E-state index in [1.807, 2.05) is 17.5 Å². The minimum absolute atomic E-state index is 0.264. The summed E-state index contributed by atoms with van der Waals surface area (Å²) in [6.45, 7) is 0. The standard InChI is InChI=1S/C14H10ClN3O2S2/c1-20-10-5-4-8(7-9(10)15)16-14(19)13-12(17-18-22-13)11-3-2-6-21-11/h2-7H,1H3,(H,16,19). The Labute approximate surface area is 139 Å². The Morgan fingerprint density at radius 1 is 1.36 bits per heavy atom. The zero-order valence-electron chi connectivity index (χ0n) is 11.4. The summed E-state index contributed by atoms with van der Waals surface area (Å²) in [5.74, 6) is 0.290. The molecular weight excluding hydrogens is 342 g/mol. The third-order valence-corrected chi connectivity index (χ3v) is 4.76. The molecule has 0 unspecified atom stereocenters. The summed E-state index contributed by atoms with van der Waals surface area (Å²) in [7, 11) is 1.54. The number of rotatable bonds is 4. The van der Waals surface area contributed by atoms with E-state index in [-0.39, 0.29) is 5.91 Å². The number of thiophene rings is 1. The Morgan fingerprint density at radius 3 is 2.91 bits per heavy atom. The van der Waals surface area contributed by atoms with Gasteiger partial charge in [-0.2, -0.15) is 0 Å². The van der Waals surface area contributed by atoms with Gasteiger partial charge in [0.2, 0.25) is 0 Å². The number of anilines is 1. The van der Waals surface area contributed by atoms with Crippen molar-refractivity contribution >= 4 is 46.1 Å². The highest BCUT2D eigenvalue weighted by Gasteiger charge is 2.19. The predicted octanol–water partition coefficient (Wildman–Crippen LogP) is 4.18. The lowest BCUT2D eigenvalue weighted by Crippen LogP contribution is -2.11. The molecule has 0 atom stereocenters. The van der Waals surface area contributed by atoms with Crippen molar-refractivity contribution in [3.05, 3.63) is 45.6 Å². The molecule has 0 bridgehead atoms. The van der Waals surface area contributed by atoms with Crippen LogP contribution < -0.4 is 10.1 Å². The lowest BCUT2D eigenvalue weighted by Gasteiger charge is -2.07. The molecule has 112 valence electrons. The number of hydrogen-bond acceptors (Lipinski definition) is 6. The highest BCUT2D eigenvalue weighted by atomic mass is 35.5. The number of amides is 1. The first kappa shape index (κ1) is 15.0. The van der Waals surface area contributed by atoms with Gasteiger partial charge in [-0.05, 0) is 41.2 Å². The fourth-order valence-electron chi connectivity index (χ4n) is 1.85. The molecule has 3 rings (SSSR count). The van der Waals surface area contributed by atoms with Crippen molar-refractivity contribution in [1.29, 1.82) is 0 Å². The zero-order valence-corrected chi connectivity index (χ0v) is 13.8. The third kappa shape index (κ3) is 2.96. The van der Waals surface area contributed by atoms with Crippen LogP contribution in [0.25, 0.3) is 10.6 Å². The molecule has 0 aliphatic heterocycles. The fourth-order valence-corrected chi connectivity index (χ4v) is 3.46. The smallest absolute Gasteiger partial charge is 0.269 e. The van der Waals surface area contributed by atoms with Crippen LogP contribution in [0.1, 0.15) is 9.67 Å². The van der Waals surface area contributed by atoms with Gasteiger partial charge in [0.25, 0.3) is 5.91 Å². The molecule has 0 spiro atoms. The van der Waals surface area contributed by atoms with Crippen LogP contribution >= 0.6 is 34.5 Å². The van der Waals surface area contributed by atoms with Crippen LogP contribution in [0.15, 0.2) is 35.7 Å². The second-order valence-electron chi connectivity index (χ2n) is 4.23. The van der Waals surface area contributed by atoms with E-state index in [9.17, 15) is 4.79 Å². The number of nitrogens with one attached hydrogen (secondary N) is 1. The van der Waals surface area contributed by atoms with Crippen molar-refractivity contribution in [1.82, 2.24) is 9.59 Å². The average molecular weight is 352 g/mol. The first-order chi connectivity index (χ1) is 10.7. The van der Waals surface area contributed by atoms with Crippen LogP contribution in [-0.2, 0) is 0 Å². The van der Waals surface area contributed by atoms with Gasteiger partial charge >= 0.3 is 0 Å². The molecule has 8 heteroatoms. The molecule has 5 nitrogen and oxygen atoms in total. The molecular formula is C14H10ClN3O2S2. The third-order valence-electron chi connectivity index (χ3n) is 2.86. The molecule has 1 amide bonds. The monoisotopic (exact) mass is 351 g/mol. The number of hydrogen-bond donors (Lipinski definition) is 1. The van der Waals surface area contributed by atoms with Gasteiger partial charge in [-0.1, -0.05) is 22.2 Å². The van der Waals surface area contributed by atoms with Crippen LogP contribution in [0.2, 0.25) is 5.02 Å². The maximum atomic E-state index is 12.4. The first-order valence-corrected chi connectivity index (χ1v) is 8.23. The minimum Gasteiger partial charge on any atom is -0.495 e. The van der Waals surface area contributed by atoms with Crippen molar-refractivity contribution in [2.45, 2.75) is 0 Å². The number of carbonyl (C=O) groups excluding carboxylic acids is 1. The Bertz CT molecular complexity index is 802. The lowest BCUT2D eigenvalue weighted by atomic mass is 10.2. The summed E-state index contributed by atoms with van der Waals surface area (Å²) < 4.78 is 8.96. The van der Waals surface area contributed by atoms with Crippen molar-refractivity contribution < 1.29 is 9.53 Å². The van der Waals surface area contributed by atoms with Gasteiger partial charge in [-0.15, -0.1) is 16.4 Å². The van der Waals surface area contributed by atoms with Crippen LogP contribution in [-0.4, -0.2) is 22.6 Å². The van der Waals surface area contributed by atoms with Crippen LogP contribution in [0, 0.1) is 0 Å². The second kappa shape index (κ2) is 6.43. The summed E-state index contributed by atoms with van der Waals surface area (Å²) in [5, 5.41) is 9.20. The van der Waals surface area contributed by atoms with Gasteiger partial charge in [-0.25, -0.2) is 0 Å². The van der Waals surface area contributed by atoms with E-state index < -0.39 is 0 Å². The molecule has 0 fully saturated rings. The van der Waals surface area contributed by atoms with E-state index in [1.54, 1.807) is 18.2 Å². The van der Waals surface area contributed by atoms with Gasteiger partial charge in [0.15, 0.2) is 0 Å². The SMILES string of the molecule is COc1ccc(NC(=O)c2snnc2-c2cccs2)cc1Cl. The Morgan fingerprint density at radius 2 is 2.23 bits per heavy atom. The number of nitrogens with zero attached hydrogens (tertiary/aromatic N) is 2. The summed E-state index contributed by atoms with van der Waals surface area (Å²) >= 11 is 8.63.